The predicted molar refractivity (Wildman–Crippen MR) is 76.4 cm³/mol. The van der Waals surface area contributed by atoms with E-state index in [1.807, 2.05) is 13.1 Å². The van der Waals surface area contributed by atoms with Crippen LogP contribution in [0.2, 0.25) is 0 Å². The zero-order chi connectivity index (χ0) is 14.5. The van der Waals surface area contributed by atoms with E-state index in [0.717, 1.165) is 25.1 Å². The molecule has 0 saturated heterocycles. The van der Waals surface area contributed by atoms with Crippen molar-refractivity contribution in [3.05, 3.63) is 52.7 Å². The molecule has 0 radical (unpaired) electrons. The van der Waals surface area contributed by atoms with Crippen molar-refractivity contribution in [2.24, 2.45) is 0 Å². The van der Waals surface area contributed by atoms with Gasteiger partial charge in [0.25, 0.3) is 5.56 Å². The zero-order valence-electron chi connectivity index (χ0n) is 11.5. The fourth-order valence-corrected chi connectivity index (χ4v) is 1.93. The lowest BCUT2D eigenvalue weighted by Crippen LogP contribution is -2.19. The normalized spacial score (nSPS) is 10.7. The Balaban J connectivity index is 1.85. The molecule has 20 heavy (non-hydrogen) atoms. The Morgan fingerprint density at radius 2 is 2.15 bits per heavy atom. The summed E-state index contributed by atoms with van der Waals surface area (Å²) in [6.45, 7) is 6.74. The predicted octanol–water partition coefficient (Wildman–Crippen LogP) is 1.76. The van der Waals surface area contributed by atoms with E-state index in [4.69, 9.17) is 0 Å². The van der Waals surface area contributed by atoms with Crippen molar-refractivity contribution in [3.8, 4) is 0 Å². The van der Waals surface area contributed by atoms with Crippen LogP contribution >= 0.6 is 0 Å². The minimum Gasteiger partial charge on any atom is -0.508 e. The zero-order valence-corrected chi connectivity index (χ0v) is 11.5. The Hall–Kier alpha value is -2.37. The first-order valence-electron chi connectivity index (χ1n) is 6.52. The summed E-state index contributed by atoms with van der Waals surface area (Å²) >= 11 is 0. The minimum absolute atomic E-state index is 0.0872. The Morgan fingerprint density at radius 1 is 1.40 bits per heavy atom. The number of aliphatic hydroxyl groups excluding tert-OH is 1. The Kier molecular flexibility index (Phi) is 4.34. The van der Waals surface area contributed by atoms with Crippen molar-refractivity contribution in [1.29, 1.82) is 0 Å². The molecular weight excluding hydrogens is 256 g/mol. The number of hydrogen-bond acceptors (Lipinski definition) is 4. The van der Waals surface area contributed by atoms with Crippen molar-refractivity contribution >= 4 is 5.76 Å². The van der Waals surface area contributed by atoms with Crippen LogP contribution in [-0.2, 0) is 13.1 Å². The van der Waals surface area contributed by atoms with E-state index in [2.05, 4.69) is 16.9 Å². The molecule has 106 valence electrons. The number of hydrogen-bond donors (Lipinski definition) is 1. The molecule has 0 aliphatic carbocycles. The molecule has 0 spiro atoms. The van der Waals surface area contributed by atoms with Gasteiger partial charge in [0.15, 0.2) is 0 Å². The van der Waals surface area contributed by atoms with Gasteiger partial charge in [-0.1, -0.05) is 11.8 Å². The molecule has 6 heteroatoms. The van der Waals surface area contributed by atoms with Crippen molar-refractivity contribution in [1.82, 2.24) is 19.6 Å². The molecule has 0 amide bonds. The van der Waals surface area contributed by atoms with Crippen LogP contribution in [-0.4, -0.2) is 24.7 Å². The van der Waals surface area contributed by atoms with Gasteiger partial charge in [-0.3, -0.25) is 9.48 Å². The fourth-order valence-electron chi connectivity index (χ4n) is 1.93. The second-order valence-corrected chi connectivity index (χ2v) is 4.72. The third-order valence-corrected chi connectivity index (χ3v) is 3.02. The number of pyridine rings is 1. The molecule has 0 saturated carbocycles. The molecule has 0 aliphatic rings. The lowest BCUT2D eigenvalue weighted by atomic mass is 10.2. The highest BCUT2D eigenvalue weighted by Gasteiger charge is 2.01. The van der Waals surface area contributed by atoms with Crippen LogP contribution in [0.15, 0.2) is 35.9 Å². The number of unbranched alkanes of at least 4 members (excludes halogenated alkanes) is 1. The van der Waals surface area contributed by atoms with Gasteiger partial charge in [0, 0.05) is 37.1 Å². The summed E-state index contributed by atoms with van der Waals surface area (Å²) < 4.78 is 3.43. The van der Waals surface area contributed by atoms with E-state index >= 15 is 0 Å². The highest BCUT2D eigenvalue weighted by Crippen LogP contribution is 2.05. The van der Waals surface area contributed by atoms with Crippen LogP contribution in [0.25, 0.3) is 5.76 Å². The van der Waals surface area contributed by atoms with Gasteiger partial charge in [-0.2, -0.15) is 0 Å². The highest BCUT2D eigenvalue weighted by molar-refractivity contribution is 5.54. The first kappa shape index (κ1) is 14.0. The minimum atomic E-state index is -0.130. The molecular formula is C14H18N4O2. The number of aryl methyl sites for hydroxylation is 3. The SMILES string of the molecule is C=C(O)c1ccn(CCCCn2cc(C)nn2)c(=O)c1. The summed E-state index contributed by atoms with van der Waals surface area (Å²) in [5, 5.41) is 17.1. The van der Waals surface area contributed by atoms with Crippen molar-refractivity contribution in [3.63, 3.8) is 0 Å². The van der Waals surface area contributed by atoms with E-state index in [1.54, 1.807) is 21.5 Å². The molecule has 0 fully saturated rings. The first-order chi connectivity index (χ1) is 9.56. The van der Waals surface area contributed by atoms with Gasteiger partial charge in [-0.25, -0.2) is 0 Å². The van der Waals surface area contributed by atoms with Gasteiger partial charge < -0.3 is 9.67 Å². The van der Waals surface area contributed by atoms with Gasteiger partial charge in [-0.05, 0) is 25.8 Å². The first-order valence-corrected chi connectivity index (χ1v) is 6.52. The maximum Gasteiger partial charge on any atom is 0.251 e. The van der Waals surface area contributed by atoms with Crippen LogP contribution in [0.5, 0.6) is 0 Å². The summed E-state index contributed by atoms with van der Waals surface area (Å²) in [4.78, 5) is 11.8. The molecule has 6 nitrogen and oxygen atoms in total. The Labute approximate surface area is 117 Å². The van der Waals surface area contributed by atoms with Gasteiger partial charge in [-0.15, -0.1) is 5.10 Å². The van der Waals surface area contributed by atoms with Crippen LogP contribution in [0.3, 0.4) is 0 Å². The summed E-state index contributed by atoms with van der Waals surface area (Å²) in [5.74, 6) is -0.0872. The number of rotatable bonds is 6. The molecule has 1 N–H and O–H groups in total. The van der Waals surface area contributed by atoms with Crippen molar-refractivity contribution in [2.45, 2.75) is 32.9 Å². The summed E-state index contributed by atoms with van der Waals surface area (Å²) in [5.41, 5.74) is 1.24. The van der Waals surface area contributed by atoms with Crippen LogP contribution in [0.1, 0.15) is 24.1 Å². The van der Waals surface area contributed by atoms with E-state index in [9.17, 15) is 9.90 Å². The standard InChI is InChI=1S/C14H18N4O2/c1-11-10-18(16-15-11)7-4-3-6-17-8-5-13(12(2)19)9-14(17)20/h5,8-10,19H,2-4,6-7H2,1H3. The van der Waals surface area contributed by atoms with Gasteiger partial charge >= 0.3 is 0 Å². The molecule has 0 aromatic carbocycles. The quantitative estimate of drug-likeness (QED) is 0.643. The van der Waals surface area contributed by atoms with Gasteiger partial charge in [0.1, 0.15) is 5.76 Å². The molecule has 0 atom stereocenters. The summed E-state index contributed by atoms with van der Waals surface area (Å²) in [6, 6.07) is 3.08. The summed E-state index contributed by atoms with van der Waals surface area (Å²) in [6.07, 6.45) is 5.37. The fraction of sp³-hybridized carbons (Fsp3) is 0.357. The van der Waals surface area contributed by atoms with Crippen molar-refractivity contribution < 1.29 is 5.11 Å². The summed E-state index contributed by atoms with van der Waals surface area (Å²) in [7, 11) is 0. The van der Waals surface area contributed by atoms with E-state index in [0.29, 0.717) is 12.1 Å². The molecule has 0 aliphatic heterocycles. The second-order valence-electron chi connectivity index (χ2n) is 4.72. The van der Waals surface area contributed by atoms with E-state index in [-0.39, 0.29) is 11.3 Å². The van der Waals surface area contributed by atoms with Gasteiger partial charge in [0.2, 0.25) is 0 Å². The lowest BCUT2D eigenvalue weighted by molar-refractivity contribution is 0.503. The molecule has 2 aromatic heterocycles. The molecule has 2 rings (SSSR count). The Morgan fingerprint density at radius 3 is 2.75 bits per heavy atom. The Bertz CT molecular complexity index is 657. The maximum absolute atomic E-state index is 11.8. The van der Waals surface area contributed by atoms with E-state index in [1.165, 1.54) is 6.07 Å². The van der Waals surface area contributed by atoms with Crippen LogP contribution in [0, 0.1) is 6.92 Å². The van der Waals surface area contributed by atoms with Crippen LogP contribution < -0.4 is 5.56 Å². The topological polar surface area (TPSA) is 72.9 Å². The third-order valence-electron chi connectivity index (χ3n) is 3.02. The third kappa shape index (κ3) is 3.57. The lowest BCUT2D eigenvalue weighted by Gasteiger charge is -2.06. The average molecular weight is 274 g/mol. The number of nitrogens with zero attached hydrogens (tertiary/aromatic N) is 4. The monoisotopic (exact) mass is 274 g/mol. The molecule has 0 bridgehead atoms. The maximum atomic E-state index is 11.8. The molecule has 2 heterocycles. The molecule has 0 unspecified atom stereocenters. The number of aromatic nitrogens is 4. The number of aliphatic hydroxyl groups is 1. The van der Waals surface area contributed by atoms with Gasteiger partial charge in [0.05, 0.1) is 5.69 Å². The molecule has 2 aromatic rings. The van der Waals surface area contributed by atoms with Crippen molar-refractivity contribution in [2.75, 3.05) is 0 Å². The average Bonchev–Trinajstić information content (AvgIpc) is 2.81. The second kappa shape index (κ2) is 6.18. The highest BCUT2D eigenvalue weighted by atomic mass is 16.3. The van der Waals surface area contributed by atoms with Crippen LogP contribution in [0.4, 0.5) is 0 Å². The largest absolute Gasteiger partial charge is 0.508 e. The van der Waals surface area contributed by atoms with E-state index < -0.39 is 0 Å². The smallest absolute Gasteiger partial charge is 0.251 e.